The number of aromatic nitrogens is 3. The summed E-state index contributed by atoms with van der Waals surface area (Å²) in [6.45, 7) is 23.4. The van der Waals surface area contributed by atoms with Crippen molar-refractivity contribution in [3.8, 4) is 0 Å². The molecule has 0 amide bonds. The van der Waals surface area contributed by atoms with Crippen molar-refractivity contribution in [3.63, 3.8) is 0 Å². The fourth-order valence-electron chi connectivity index (χ4n) is 4.02. The number of halogens is 3. The molecule has 0 N–H and O–H groups in total. The number of nitrogens with zero attached hydrogens (tertiary/aromatic N) is 4. The number of rotatable bonds is 5. The van der Waals surface area contributed by atoms with Crippen LogP contribution in [-0.4, -0.2) is 28.0 Å². The Bertz CT molecular complexity index is 1320. The highest BCUT2D eigenvalue weighted by Crippen LogP contribution is 2.32. The van der Waals surface area contributed by atoms with Gasteiger partial charge in [-0.3, -0.25) is 0 Å². The van der Waals surface area contributed by atoms with Crippen LogP contribution in [0.5, 0.6) is 0 Å². The lowest BCUT2D eigenvalue weighted by Gasteiger charge is -2.19. The minimum absolute atomic E-state index is 0. The molecule has 0 unspecified atom stereocenters. The third kappa shape index (κ3) is 14.3. The van der Waals surface area contributed by atoms with Gasteiger partial charge < -0.3 is 4.90 Å². The minimum atomic E-state index is -4.30. The Kier molecular flexibility index (Phi) is 17.5. The van der Waals surface area contributed by atoms with E-state index < -0.39 is 11.9 Å². The largest absolute Gasteiger partial charge is 0.434 e. The van der Waals surface area contributed by atoms with Gasteiger partial charge in [-0.05, 0) is 56.2 Å². The van der Waals surface area contributed by atoms with E-state index >= 15 is 0 Å². The molecule has 3 aromatic heterocycles. The maximum atomic E-state index is 12.0. The van der Waals surface area contributed by atoms with Crippen molar-refractivity contribution in [2.24, 2.45) is 0 Å². The van der Waals surface area contributed by atoms with E-state index in [1.165, 1.54) is 57.0 Å². The standard InChI is InChI=1S/C13H19N.C7H8F3NS.2C7H11NS.CH4/c1-11(2)12-6-5-7-13(10-12)14-8-3-4-9-14;1-4(2)6-11-5(3-12-6)7(8,9)10;1-5(2)7-4-8-6(3)9-7;1-5(2)7-8-4-6(3)9-7;/h5-7,10-11H,3-4,8-9H2,1-2H3;3-4H,1-2H3;2*4-5H,1-3H3;1H4. The Balaban J connectivity index is 0.000000303. The monoisotopic (exact) mass is 682 g/mol. The first kappa shape index (κ1) is 40.7. The van der Waals surface area contributed by atoms with Crippen LogP contribution in [0, 0.1) is 13.8 Å². The van der Waals surface area contributed by atoms with Crippen LogP contribution in [0.3, 0.4) is 0 Å². The zero-order valence-electron chi connectivity index (χ0n) is 27.8. The zero-order chi connectivity index (χ0) is 33.0. The van der Waals surface area contributed by atoms with Gasteiger partial charge in [-0.2, -0.15) is 13.2 Å². The van der Waals surface area contributed by atoms with Crippen LogP contribution in [0.25, 0.3) is 0 Å². The van der Waals surface area contributed by atoms with Gasteiger partial charge in [-0.15, -0.1) is 34.0 Å². The van der Waals surface area contributed by atoms with Gasteiger partial charge in [0.1, 0.15) is 0 Å². The first-order valence-electron chi connectivity index (χ1n) is 15.3. The third-order valence-electron chi connectivity index (χ3n) is 6.66. The summed E-state index contributed by atoms with van der Waals surface area (Å²) in [7, 11) is 0. The number of anilines is 1. The third-order valence-corrected chi connectivity index (χ3v) is 10.2. The van der Waals surface area contributed by atoms with Gasteiger partial charge in [0, 0.05) is 58.1 Å². The van der Waals surface area contributed by atoms with Crippen LogP contribution >= 0.6 is 34.0 Å². The van der Waals surface area contributed by atoms with Crippen LogP contribution in [0.4, 0.5) is 18.9 Å². The van der Waals surface area contributed by atoms with Crippen LogP contribution in [0.1, 0.15) is 135 Å². The summed E-state index contributed by atoms with van der Waals surface area (Å²) in [5.74, 6) is 1.92. The van der Waals surface area contributed by atoms with Crippen LogP contribution in [0.15, 0.2) is 42.0 Å². The first-order valence-corrected chi connectivity index (χ1v) is 17.8. The van der Waals surface area contributed by atoms with E-state index in [0.717, 1.165) is 16.7 Å². The molecule has 1 aliphatic rings. The van der Waals surface area contributed by atoms with Crippen LogP contribution in [0.2, 0.25) is 0 Å². The zero-order valence-corrected chi connectivity index (χ0v) is 30.3. The highest BCUT2D eigenvalue weighted by atomic mass is 32.1. The molecule has 0 aliphatic carbocycles. The minimum Gasteiger partial charge on any atom is -0.372 e. The molecule has 0 saturated carbocycles. The molecule has 0 bridgehead atoms. The summed E-state index contributed by atoms with van der Waals surface area (Å²) in [4.78, 5) is 17.0. The first-order chi connectivity index (χ1) is 20.6. The van der Waals surface area contributed by atoms with E-state index in [9.17, 15) is 13.2 Å². The molecule has 252 valence electrons. The summed E-state index contributed by atoms with van der Waals surface area (Å²) in [6.07, 6.45) is 2.30. The molecule has 4 heterocycles. The average Bonchev–Trinajstić information content (AvgIpc) is 3.77. The Labute approximate surface area is 282 Å². The molecular formula is C35H53F3N4S3. The number of alkyl halides is 3. The molecule has 5 rings (SSSR count). The fraction of sp³-hybridized carbons (Fsp3) is 0.571. The van der Waals surface area contributed by atoms with E-state index in [1.54, 1.807) is 22.7 Å². The highest BCUT2D eigenvalue weighted by molar-refractivity contribution is 7.11. The molecule has 45 heavy (non-hydrogen) atoms. The second-order valence-electron chi connectivity index (χ2n) is 12.1. The summed E-state index contributed by atoms with van der Waals surface area (Å²) >= 11 is 4.62. The second kappa shape index (κ2) is 19.4. The summed E-state index contributed by atoms with van der Waals surface area (Å²) in [5.41, 5.74) is 2.08. The molecular weight excluding hydrogens is 630 g/mol. The normalized spacial score (nSPS) is 12.8. The highest BCUT2D eigenvalue weighted by Gasteiger charge is 2.33. The summed E-state index contributed by atoms with van der Waals surface area (Å²) in [5, 5.41) is 3.99. The van der Waals surface area contributed by atoms with Gasteiger partial charge in [-0.25, -0.2) is 15.0 Å². The van der Waals surface area contributed by atoms with Crippen molar-refractivity contribution in [2.45, 2.75) is 119 Å². The molecule has 1 saturated heterocycles. The summed E-state index contributed by atoms with van der Waals surface area (Å²) in [6, 6.07) is 8.99. The topological polar surface area (TPSA) is 41.9 Å². The molecule has 4 aromatic rings. The average molecular weight is 683 g/mol. The molecule has 0 radical (unpaired) electrons. The van der Waals surface area contributed by atoms with Gasteiger partial charge in [0.2, 0.25) is 0 Å². The van der Waals surface area contributed by atoms with Gasteiger partial charge in [0.05, 0.1) is 15.0 Å². The van der Waals surface area contributed by atoms with Gasteiger partial charge in [-0.1, -0.05) is 74.9 Å². The van der Waals surface area contributed by atoms with Crippen molar-refractivity contribution in [1.29, 1.82) is 0 Å². The van der Waals surface area contributed by atoms with Gasteiger partial charge in [0.25, 0.3) is 0 Å². The Morgan fingerprint density at radius 2 is 1.40 bits per heavy atom. The maximum absolute atomic E-state index is 12.0. The second-order valence-corrected chi connectivity index (χ2v) is 15.5. The molecule has 1 fully saturated rings. The number of aryl methyl sites for hydroxylation is 2. The van der Waals surface area contributed by atoms with E-state index in [2.05, 4.69) is 92.6 Å². The van der Waals surface area contributed by atoms with Crippen molar-refractivity contribution < 1.29 is 13.2 Å². The van der Waals surface area contributed by atoms with Crippen LogP contribution in [-0.2, 0) is 6.18 Å². The number of benzene rings is 1. The lowest BCUT2D eigenvalue weighted by Crippen LogP contribution is -2.17. The molecule has 4 nitrogen and oxygen atoms in total. The van der Waals surface area contributed by atoms with E-state index in [0.29, 0.717) is 22.8 Å². The quantitative estimate of drug-likeness (QED) is 0.210. The van der Waals surface area contributed by atoms with Crippen molar-refractivity contribution in [2.75, 3.05) is 18.0 Å². The number of hydrogen-bond donors (Lipinski definition) is 0. The smallest absolute Gasteiger partial charge is 0.372 e. The molecule has 1 aliphatic heterocycles. The van der Waals surface area contributed by atoms with E-state index in [4.69, 9.17) is 0 Å². The Morgan fingerprint density at radius 1 is 0.778 bits per heavy atom. The number of hydrogen-bond acceptors (Lipinski definition) is 7. The van der Waals surface area contributed by atoms with Crippen molar-refractivity contribution in [1.82, 2.24) is 15.0 Å². The predicted octanol–water partition coefficient (Wildman–Crippen LogP) is 12.5. The van der Waals surface area contributed by atoms with Gasteiger partial charge >= 0.3 is 6.18 Å². The molecule has 0 spiro atoms. The van der Waals surface area contributed by atoms with E-state index in [-0.39, 0.29) is 13.3 Å². The Morgan fingerprint density at radius 3 is 1.76 bits per heavy atom. The van der Waals surface area contributed by atoms with E-state index in [1.807, 2.05) is 33.2 Å². The lowest BCUT2D eigenvalue weighted by atomic mass is 10.0. The maximum Gasteiger partial charge on any atom is 0.434 e. The van der Waals surface area contributed by atoms with Crippen molar-refractivity contribution in [3.05, 3.63) is 78.1 Å². The molecule has 0 atom stereocenters. The number of thiazole rings is 3. The molecule has 10 heteroatoms. The lowest BCUT2D eigenvalue weighted by molar-refractivity contribution is -0.140. The fourth-order valence-corrected chi connectivity index (χ4v) is 6.43. The molecule has 1 aromatic carbocycles. The SMILES string of the molecule is C.CC(C)c1cccc(N2CCCC2)c1.CC(C)c1nc(C(F)(F)F)cs1.Cc1cnc(C(C)C)s1.Cc1ncc(C(C)C)s1. The predicted molar refractivity (Wildman–Crippen MR) is 192 cm³/mol. The summed E-state index contributed by atoms with van der Waals surface area (Å²) < 4.78 is 36.0. The van der Waals surface area contributed by atoms with Crippen molar-refractivity contribution >= 4 is 39.7 Å². The Hall–Kier alpha value is -2.30. The van der Waals surface area contributed by atoms with Crippen LogP contribution < -0.4 is 4.90 Å². The van der Waals surface area contributed by atoms with Gasteiger partial charge in [0.15, 0.2) is 5.69 Å².